The highest BCUT2D eigenvalue weighted by Gasteiger charge is 2.24. The molecule has 1 aliphatic rings. The van der Waals surface area contributed by atoms with Gasteiger partial charge in [0, 0.05) is 23.6 Å². The molecule has 148 valence electrons. The van der Waals surface area contributed by atoms with Gasteiger partial charge in [-0.1, -0.05) is 24.3 Å². The van der Waals surface area contributed by atoms with Crippen LogP contribution in [0.25, 0.3) is 5.69 Å². The van der Waals surface area contributed by atoms with E-state index in [0.29, 0.717) is 18.0 Å². The van der Waals surface area contributed by atoms with Gasteiger partial charge in [0.15, 0.2) is 0 Å². The third-order valence-corrected chi connectivity index (χ3v) is 5.83. The average Bonchev–Trinajstić information content (AvgIpc) is 3.05. The van der Waals surface area contributed by atoms with Crippen LogP contribution in [0.15, 0.2) is 59.5 Å². The molecule has 3 aromatic rings. The van der Waals surface area contributed by atoms with Crippen LogP contribution in [0.5, 0.6) is 0 Å². The number of anilines is 2. The summed E-state index contributed by atoms with van der Waals surface area (Å²) in [5.74, 6) is 0.298. The number of thioether (sulfide) groups is 1. The minimum atomic E-state index is -0.137. The molecule has 29 heavy (non-hydrogen) atoms. The number of hydrogen-bond donors (Lipinski definition) is 1. The van der Waals surface area contributed by atoms with Gasteiger partial charge in [-0.25, -0.2) is 4.68 Å². The molecule has 7 heteroatoms. The van der Waals surface area contributed by atoms with Crippen LogP contribution in [0.3, 0.4) is 0 Å². The van der Waals surface area contributed by atoms with Gasteiger partial charge in [-0.15, -0.1) is 11.8 Å². The number of fused-ring (bicyclic) bond motifs is 1. The molecule has 0 atom stereocenters. The van der Waals surface area contributed by atoms with Crippen molar-refractivity contribution in [1.29, 1.82) is 0 Å². The van der Waals surface area contributed by atoms with Gasteiger partial charge in [0.2, 0.25) is 11.8 Å². The number of rotatable bonds is 5. The quantitative estimate of drug-likeness (QED) is 0.697. The van der Waals surface area contributed by atoms with Gasteiger partial charge in [0.05, 0.1) is 28.5 Å². The van der Waals surface area contributed by atoms with Crippen molar-refractivity contribution in [1.82, 2.24) is 9.78 Å². The van der Waals surface area contributed by atoms with Crippen LogP contribution in [0.2, 0.25) is 0 Å². The number of para-hydroxylation sites is 3. The summed E-state index contributed by atoms with van der Waals surface area (Å²) in [4.78, 5) is 27.8. The van der Waals surface area contributed by atoms with E-state index in [4.69, 9.17) is 0 Å². The van der Waals surface area contributed by atoms with Crippen molar-refractivity contribution < 1.29 is 9.59 Å². The second kappa shape index (κ2) is 8.13. The normalized spacial score (nSPS) is 13.3. The minimum absolute atomic E-state index is 0.0320. The first-order valence-corrected chi connectivity index (χ1v) is 10.5. The number of aromatic nitrogens is 2. The maximum Gasteiger partial charge on any atom is 0.237 e. The van der Waals surface area contributed by atoms with E-state index in [1.807, 2.05) is 73.1 Å². The average molecular weight is 407 g/mol. The number of amides is 2. The highest BCUT2D eigenvalue weighted by Crippen LogP contribution is 2.35. The number of benzene rings is 2. The number of nitrogens with one attached hydrogen (secondary N) is 1. The summed E-state index contributed by atoms with van der Waals surface area (Å²) in [6, 6.07) is 17.4. The molecule has 0 fully saturated rings. The Morgan fingerprint density at radius 2 is 1.83 bits per heavy atom. The van der Waals surface area contributed by atoms with Crippen LogP contribution >= 0.6 is 11.8 Å². The lowest BCUT2D eigenvalue weighted by atomic mass is 10.2. The second-order valence-corrected chi connectivity index (χ2v) is 7.97. The van der Waals surface area contributed by atoms with Crippen molar-refractivity contribution >= 4 is 35.0 Å². The molecule has 0 aliphatic carbocycles. The fourth-order valence-electron chi connectivity index (χ4n) is 3.46. The first kappa shape index (κ1) is 19.3. The number of hydrogen-bond acceptors (Lipinski definition) is 4. The van der Waals surface area contributed by atoms with E-state index in [1.165, 1.54) is 11.8 Å². The van der Waals surface area contributed by atoms with E-state index < -0.39 is 0 Å². The number of carbonyl (C=O) groups excluding carboxylic acids is 2. The van der Waals surface area contributed by atoms with Gasteiger partial charge in [-0.2, -0.15) is 5.10 Å². The van der Waals surface area contributed by atoms with E-state index in [1.54, 1.807) is 4.90 Å². The summed E-state index contributed by atoms with van der Waals surface area (Å²) in [5, 5.41) is 7.49. The van der Waals surface area contributed by atoms with E-state index in [2.05, 4.69) is 10.4 Å². The maximum atomic E-state index is 12.7. The standard InChI is InChI=1S/C22H22N4O2S/c1-15-13-16(2)26(24-15)18-8-4-3-7-17(18)23-21(27)11-12-25-19-9-5-6-10-20(19)29-14-22(25)28/h3-10,13H,11-12,14H2,1-2H3,(H,23,27). The molecule has 0 saturated heterocycles. The summed E-state index contributed by atoms with van der Waals surface area (Å²) < 4.78 is 1.83. The third-order valence-electron chi connectivity index (χ3n) is 4.79. The molecule has 1 aliphatic heterocycles. The first-order valence-electron chi connectivity index (χ1n) is 9.47. The van der Waals surface area contributed by atoms with Crippen LogP contribution in [-0.4, -0.2) is 33.9 Å². The van der Waals surface area contributed by atoms with Crippen molar-refractivity contribution in [3.8, 4) is 5.69 Å². The topological polar surface area (TPSA) is 67.2 Å². The van der Waals surface area contributed by atoms with E-state index in [0.717, 1.165) is 27.7 Å². The van der Waals surface area contributed by atoms with Crippen LogP contribution in [0, 0.1) is 13.8 Å². The Bertz CT molecular complexity index is 1080. The number of aryl methyl sites for hydroxylation is 2. The number of nitrogens with zero attached hydrogens (tertiary/aromatic N) is 3. The first-order chi connectivity index (χ1) is 14.0. The van der Waals surface area contributed by atoms with Gasteiger partial charge in [-0.05, 0) is 44.2 Å². The molecular formula is C22H22N4O2S. The molecule has 1 aromatic heterocycles. The van der Waals surface area contributed by atoms with Crippen molar-refractivity contribution in [3.05, 3.63) is 66.0 Å². The largest absolute Gasteiger partial charge is 0.324 e. The van der Waals surface area contributed by atoms with Gasteiger partial charge in [0.25, 0.3) is 0 Å². The summed E-state index contributed by atoms with van der Waals surface area (Å²) in [6.07, 6.45) is 0.218. The zero-order valence-corrected chi connectivity index (χ0v) is 17.2. The summed E-state index contributed by atoms with van der Waals surface area (Å²) in [6.45, 7) is 4.27. The Balaban J connectivity index is 1.48. The fraction of sp³-hybridized carbons (Fsp3) is 0.227. The molecule has 0 radical (unpaired) electrons. The highest BCUT2D eigenvalue weighted by molar-refractivity contribution is 8.00. The monoisotopic (exact) mass is 406 g/mol. The molecule has 6 nitrogen and oxygen atoms in total. The Morgan fingerprint density at radius 1 is 1.10 bits per heavy atom. The summed E-state index contributed by atoms with van der Waals surface area (Å²) in [5.41, 5.74) is 4.32. The molecule has 1 N–H and O–H groups in total. The van der Waals surface area contributed by atoms with Crippen LogP contribution in [0.4, 0.5) is 11.4 Å². The Kier molecular flexibility index (Phi) is 5.40. The van der Waals surface area contributed by atoms with E-state index in [-0.39, 0.29) is 18.2 Å². The third kappa shape index (κ3) is 4.05. The van der Waals surface area contributed by atoms with Gasteiger partial charge < -0.3 is 10.2 Å². The molecule has 4 rings (SSSR count). The van der Waals surface area contributed by atoms with Gasteiger partial charge >= 0.3 is 0 Å². The molecule has 0 bridgehead atoms. The fourth-order valence-corrected chi connectivity index (χ4v) is 4.40. The van der Waals surface area contributed by atoms with Crippen molar-refractivity contribution in [2.45, 2.75) is 25.2 Å². The van der Waals surface area contributed by atoms with Gasteiger partial charge in [0.1, 0.15) is 0 Å². The SMILES string of the molecule is Cc1cc(C)n(-c2ccccc2NC(=O)CCN2C(=O)CSc3ccccc32)n1. The molecule has 0 spiro atoms. The highest BCUT2D eigenvalue weighted by atomic mass is 32.2. The van der Waals surface area contributed by atoms with Crippen LogP contribution in [0.1, 0.15) is 17.8 Å². The molecule has 2 aromatic carbocycles. The Hall–Kier alpha value is -3.06. The van der Waals surface area contributed by atoms with Crippen molar-refractivity contribution in [2.24, 2.45) is 0 Å². The molecule has 2 heterocycles. The van der Waals surface area contributed by atoms with Crippen molar-refractivity contribution in [3.63, 3.8) is 0 Å². The van der Waals surface area contributed by atoms with E-state index in [9.17, 15) is 9.59 Å². The van der Waals surface area contributed by atoms with E-state index >= 15 is 0 Å². The second-order valence-electron chi connectivity index (χ2n) is 6.96. The Labute approximate surface area is 173 Å². The molecule has 2 amide bonds. The Morgan fingerprint density at radius 3 is 2.59 bits per heavy atom. The minimum Gasteiger partial charge on any atom is -0.324 e. The maximum absolute atomic E-state index is 12.7. The molecule has 0 unspecified atom stereocenters. The van der Waals surface area contributed by atoms with Gasteiger partial charge in [-0.3, -0.25) is 9.59 Å². The lowest BCUT2D eigenvalue weighted by Gasteiger charge is -2.28. The van der Waals surface area contributed by atoms with Crippen LogP contribution < -0.4 is 10.2 Å². The lowest BCUT2D eigenvalue weighted by molar-refractivity contribution is -0.117. The predicted molar refractivity (Wildman–Crippen MR) is 116 cm³/mol. The summed E-state index contributed by atoms with van der Waals surface area (Å²) >= 11 is 1.54. The predicted octanol–water partition coefficient (Wildman–Crippen LogP) is 3.96. The zero-order chi connectivity index (χ0) is 20.4. The lowest BCUT2D eigenvalue weighted by Crippen LogP contribution is -2.37. The zero-order valence-electron chi connectivity index (χ0n) is 16.4. The molecule has 0 saturated carbocycles. The molecular weight excluding hydrogens is 384 g/mol. The van der Waals surface area contributed by atoms with Crippen LogP contribution in [-0.2, 0) is 9.59 Å². The van der Waals surface area contributed by atoms with Crippen molar-refractivity contribution in [2.75, 3.05) is 22.5 Å². The number of carbonyl (C=O) groups is 2. The summed E-state index contributed by atoms with van der Waals surface area (Å²) in [7, 11) is 0. The smallest absolute Gasteiger partial charge is 0.237 e.